The molecule has 1 unspecified atom stereocenters. The molecule has 1 atom stereocenters. The van der Waals surface area contributed by atoms with Crippen LogP contribution in [0.5, 0.6) is 0 Å². The minimum absolute atomic E-state index is 0.670. The van der Waals surface area contributed by atoms with Gasteiger partial charge in [0.25, 0.3) is 0 Å². The van der Waals surface area contributed by atoms with Gasteiger partial charge in [0.05, 0.1) is 0 Å². The first kappa shape index (κ1) is 14.1. The van der Waals surface area contributed by atoms with Crippen LogP contribution in [0.25, 0.3) is 0 Å². The molecule has 96 valence electrons. The van der Waals surface area contributed by atoms with Crippen molar-refractivity contribution in [2.75, 3.05) is 13.1 Å². The highest BCUT2D eigenvalue weighted by Crippen LogP contribution is 2.21. The molecule has 0 radical (unpaired) electrons. The number of hydrogen-bond donors (Lipinski definition) is 3. The molecular formula is C11H17NO4S. The fourth-order valence-corrected chi connectivity index (χ4v) is 1.89. The fourth-order valence-electron chi connectivity index (χ4n) is 1.89. The fraction of sp³-hybridized carbons (Fsp3) is 0.455. The van der Waals surface area contributed by atoms with Crippen molar-refractivity contribution in [1.29, 1.82) is 0 Å². The quantitative estimate of drug-likeness (QED) is 0.611. The van der Waals surface area contributed by atoms with Crippen molar-refractivity contribution in [3.8, 4) is 0 Å². The van der Waals surface area contributed by atoms with Gasteiger partial charge in [0, 0.05) is 6.54 Å². The summed E-state index contributed by atoms with van der Waals surface area (Å²) in [6.45, 7) is 4.54. The maximum Gasteiger partial charge on any atom is 0.394 e. The van der Waals surface area contributed by atoms with Crippen LogP contribution in [-0.4, -0.2) is 30.6 Å². The summed E-state index contributed by atoms with van der Waals surface area (Å²) in [5.41, 5.74) is 3.05. The third kappa shape index (κ3) is 5.78. The standard InChI is InChI=1S/C11H15N.H2O4S/c1-9-8-12-7-6-10-4-2-3-5-11(9)10;1-5(2,3)4/h2-5,9,12H,6-8H2,1H3;(H2,1,2,3,4). The van der Waals surface area contributed by atoms with Crippen LogP contribution >= 0.6 is 0 Å². The van der Waals surface area contributed by atoms with Gasteiger partial charge in [0.15, 0.2) is 0 Å². The van der Waals surface area contributed by atoms with Crippen LogP contribution in [0.4, 0.5) is 0 Å². The molecule has 0 spiro atoms. The van der Waals surface area contributed by atoms with Crippen molar-refractivity contribution in [3.63, 3.8) is 0 Å². The summed E-state index contributed by atoms with van der Waals surface area (Å²) in [4.78, 5) is 0. The first-order valence-electron chi connectivity index (χ1n) is 5.36. The number of fused-ring (bicyclic) bond motifs is 1. The van der Waals surface area contributed by atoms with Crippen molar-refractivity contribution < 1.29 is 17.5 Å². The predicted molar refractivity (Wildman–Crippen MR) is 65.6 cm³/mol. The van der Waals surface area contributed by atoms with E-state index in [1.165, 1.54) is 17.5 Å². The van der Waals surface area contributed by atoms with Gasteiger partial charge in [-0.3, -0.25) is 9.11 Å². The first-order valence-corrected chi connectivity index (χ1v) is 6.76. The maximum absolute atomic E-state index is 8.74. The van der Waals surface area contributed by atoms with E-state index in [9.17, 15) is 0 Å². The Morgan fingerprint density at radius 3 is 2.53 bits per heavy atom. The van der Waals surface area contributed by atoms with E-state index in [-0.39, 0.29) is 0 Å². The lowest BCUT2D eigenvalue weighted by Gasteiger charge is -2.10. The SMILES string of the molecule is CC1CNCCc2ccccc21.O=S(=O)(O)O. The summed E-state index contributed by atoms with van der Waals surface area (Å²) in [6, 6.07) is 8.78. The van der Waals surface area contributed by atoms with E-state index in [0.717, 1.165) is 13.1 Å². The monoisotopic (exact) mass is 259 g/mol. The van der Waals surface area contributed by atoms with Gasteiger partial charge < -0.3 is 5.32 Å². The highest BCUT2D eigenvalue weighted by Gasteiger charge is 2.12. The molecule has 0 saturated carbocycles. The molecule has 1 heterocycles. The van der Waals surface area contributed by atoms with Crippen LogP contribution in [0.2, 0.25) is 0 Å². The summed E-state index contributed by atoms with van der Waals surface area (Å²) in [6.07, 6.45) is 1.18. The van der Waals surface area contributed by atoms with E-state index in [4.69, 9.17) is 17.5 Å². The molecule has 0 bridgehead atoms. The Bertz CT molecular complexity index is 450. The second-order valence-electron chi connectivity index (χ2n) is 4.00. The Hall–Kier alpha value is -0.950. The smallest absolute Gasteiger partial charge is 0.316 e. The predicted octanol–water partition coefficient (Wildman–Crippen LogP) is 1.28. The van der Waals surface area contributed by atoms with E-state index in [1.54, 1.807) is 0 Å². The average molecular weight is 259 g/mol. The highest BCUT2D eigenvalue weighted by molar-refractivity contribution is 7.79. The molecule has 0 fully saturated rings. The first-order chi connectivity index (χ1) is 7.88. The van der Waals surface area contributed by atoms with Gasteiger partial charge in [-0.05, 0) is 30.0 Å². The van der Waals surface area contributed by atoms with Gasteiger partial charge in [0.1, 0.15) is 0 Å². The van der Waals surface area contributed by atoms with Crippen molar-refractivity contribution in [3.05, 3.63) is 35.4 Å². The van der Waals surface area contributed by atoms with Gasteiger partial charge in [-0.25, -0.2) is 0 Å². The van der Waals surface area contributed by atoms with Crippen LogP contribution < -0.4 is 5.32 Å². The van der Waals surface area contributed by atoms with Gasteiger partial charge in [-0.2, -0.15) is 8.42 Å². The third-order valence-electron chi connectivity index (χ3n) is 2.61. The van der Waals surface area contributed by atoms with E-state index in [2.05, 4.69) is 36.5 Å². The molecular weight excluding hydrogens is 242 g/mol. The van der Waals surface area contributed by atoms with Crippen LogP contribution in [0, 0.1) is 0 Å². The molecule has 0 aromatic heterocycles. The van der Waals surface area contributed by atoms with E-state index >= 15 is 0 Å². The number of hydrogen-bond acceptors (Lipinski definition) is 3. The number of benzene rings is 1. The average Bonchev–Trinajstić information content (AvgIpc) is 2.39. The zero-order chi connectivity index (χ0) is 12.9. The van der Waals surface area contributed by atoms with Gasteiger partial charge in [-0.15, -0.1) is 0 Å². The van der Waals surface area contributed by atoms with E-state index in [0.29, 0.717) is 5.92 Å². The molecule has 0 saturated heterocycles. The Balaban J connectivity index is 0.000000249. The minimum atomic E-state index is -4.67. The van der Waals surface area contributed by atoms with E-state index in [1.807, 2.05) is 0 Å². The molecule has 1 aromatic carbocycles. The molecule has 2 rings (SSSR count). The van der Waals surface area contributed by atoms with Crippen molar-refractivity contribution >= 4 is 10.4 Å². The molecule has 0 amide bonds. The molecule has 0 aliphatic carbocycles. The Morgan fingerprint density at radius 2 is 1.88 bits per heavy atom. The Labute approximate surface area is 101 Å². The second-order valence-corrected chi connectivity index (χ2v) is 4.90. The molecule has 17 heavy (non-hydrogen) atoms. The summed E-state index contributed by atoms with van der Waals surface area (Å²) in [5, 5.41) is 3.44. The Kier molecular flexibility index (Phi) is 5.07. The van der Waals surface area contributed by atoms with E-state index < -0.39 is 10.4 Å². The van der Waals surface area contributed by atoms with Crippen LogP contribution in [0.15, 0.2) is 24.3 Å². The molecule has 1 aliphatic heterocycles. The van der Waals surface area contributed by atoms with Crippen LogP contribution in [0.3, 0.4) is 0 Å². The van der Waals surface area contributed by atoms with Crippen molar-refractivity contribution in [2.45, 2.75) is 19.3 Å². The lowest BCUT2D eigenvalue weighted by Crippen LogP contribution is -2.18. The highest BCUT2D eigenvalue weighted by atomic mass is 32.3. The van der Waals surface area contributed by atoms with Crippen molar-refractivity contribution in [1.82, 2.24) is 5.32 Å². The number of nitrogens with one attached hydrogen (secondary N) is 1. The lowest BCUT2D eigenvalue weighted by atomic mass is 9.96. The van der Waals surface area contributed by atoms with Gasteiger partial charge >= 0.3 is 10.4 Å². The topological polar surface area (TPSA) is 86.6 Å². The van der Waals surface area contributed by atoms with Crippen LogP contribution in [0.1, 0.15) is 24.0 Å². The molecule has 5 nitrogen and oxygen atoms in total. The number of rotatable bonds is 0. The summed E-state index contributed by atoms with van der Waals surface area (Å²) >= 11 is 0. The molecule has 3 N–H and O–H groups in total. The molecule has 6 heteroatoms. The zero-order valence-corrected chi connectivity index (χ0v) is 10.4. The van der Waals surface area contributed by atoms with Crippen molar-refractivity contribution in [2.24, 2.45) is 0 Å². The largest absolute Gasteiger partial charge is 0.394 e. The maximum atomic E-state index is 8.74. The van der Waals surface area contributed by atoms with Gasteiger partial charge in [-0.1, -0.05) is 31.2 Å². The zero-order valence-electron chi connectivity index (χ0n) is 9.63. The minimum Gasteiger partial charge on any atom is -0.316 e. The third-order valence-corrected chi connectivity index (χ3v) is 2.61. The van der Waals surface area contributed by atoms with Crippen LogP contribution in [-0.2, 0) is 16.8 Å². The molecule has 1 aromatic rings. The summed E-state index contributed by atoms with van der Waals surface area (Å²) < 4.78 is 31.6. The lowest BCUT2D eigenvalue weighted by molar-refractivity contribution is 0.381. The summed E-state index contributed by atoms with van der Waals surface area (Å²) in [7, 11) is -4.67. The molecule has 1 aliphatic rings. The van der Waals surface area contributed by atoms with Gasteiger partial charge in [0.2, 0.25) is 0 Å². The summed E-state index contributed by atoms with van der Waals surface area (Å²) in [5.74, 6) is 0.670. The second kappa shape index (κ2) is 6.11. The Morgan fingerprint density at radius 1 is 1.29 bits per heavy atom. The normalized spacial score (nSPS) is 19.6.